The first-order chi connectivity index (χ1) is 10.8. The van der Waals surface area contributed by atoms with Crippen molar-refractivity contribution in [3.05, 3.63) is 41.8 Å². The van der Waals surface area contributed by atoms with Gasteiger partial charge in [0.05, 0.1) is 0 Å². The fourth-order valence-electron chi connectivity index (χ4n) is 2.80. The van der Waals surface area contributed by atoms with E-state index in [0.717, 1.165) is 5.52 Å². The van der Waals surface area contributed by atoms with Gasteiger partial charge in [-0.05, 0) is 38.0 Å². The van der Waals surface area contributed by atoms with Crippen LogP contribution in [0.25, 0.3) is 11.1 Å². The number of carbonyl (C=O) groups excluding carboxylic acids is 1. The van der Waals surface area contributed by atoms with Crippen LogP contribution in [0.3, 0.4) is 0 Å². The van der Waals surface area contributed by atoms with E-state index in [1.165, 1.54) is 13.0 Å². The predicted molar refractivity (Wildman–Crippen MR) is 84.4 cm³/mol. The Labute approximate surface area is 133 Å². The summed E-state index contributed by atoms with van der Waals surface area (Å²) in [6.45, 7) is 3.14. The summed E-state index contributed by atoms with van der Waals surface area (Å²) in [6.07, 6.45) is 2.55. The summed E-state index contributed by atoms with van der Waals surface area (Å²) < 4.78 is 5.63. The Morgan fingerprint density at radius 3 is 2.70 bits per heavy atom. The third-order valence-electron chi connectivity index (χ3n) is 4.39. The quantitative estimate of drug-likeness (QED) is 0.797. The van der Waals surface area contributed by atoms with E-state index in [9.17, 15) is 15.0 Å². The minimum Gasteiger partial charge on any atom is -0.441 e. The number of carbonyl (C=O) groups is 1. The zero-order valence-corrected chi connectivity index (χ0v) is 13.2. The van der Waals surface area contributed by atoms with Gasteiger partial charge in [0.1, 0.15) is 11.1 Å². The predicted octanol–water partition coefficient (Wildman–Crippen LogP) is 1.67. The van der Waals surface area contributed by atoms with Crippen molar-refractivity contribution in [3.8, 4) is 0 Å². The van der Waals surface area contributed by atoms with Crippen LogP contribution >= 0.6 is 0 Å². The van der Waals surface area contributed by atoms with E-state index in [1.807, 2.05) is 24.3 Å². The van der Waals surface area contributed by atoms with Crippen molar-refractivity contribution in [1.29, 1.82) is 0 Å². The molecule has 6 nitrogen and oxygen atoms in total. The SMILES string of the molecule is CCC1(O)C=C(CCc2nc3ccccc3o2)C(=O)NC1(C)O. The fourth-order valence-corrected chi connectivity index (χ4v) is 2.80. The minimum atomic E-state index is -1.68. The van der Waals surface area contributed by atoms with E-state index in [1.54, 1.807) is 6.92 Å². The lowest BCUT2D eigenvalue weighted by Gasteiger charge is -2.42. The van der Waals surface area contributed by atoms with Crippen molar-refractivity contribution in [2.75, 3.05) is 0 Å². The highest BCUT2D eigenvalue weighted by molar-refractivity contribution is 5.95. The molecule has 2 unspecified atom stereocenters. The lowest BCUT2D eigenvalue weighted by Crippen LogP contribution is -2.64. The van der Waals surface area contributed by atoms with Gasteiger partial charge in [-0.25, -0.2) is 4.98 Å². The van der Waals surface area contributed by atoms with Crippen molar-refractivity contribution in [2.24, 2.45) is 0 Å². The monoisotopic (exact) mass is 316 g/mol. The molecule has 23 heavy (non-hydrogen) atoms. The number of nitrogens with zero attached hydrogens (tertiary/aromatic N) is 1. The van der Waals surface area contributed by atoms with Crippen molar-refractivity contribution in [1.82, 2.24) is 10.3 Å². The zero-order chi connectivity index (χ0) is 16.7. The van der Waals surface area contributed by atoms with Gasteiger partial charge in [-0.1, -0.05) is 19.1 Å². The van der Waals surface area contributed by atoms with Gasteiger partial charge < -0.3 is 19.9 Å². The summed E-state index contributed by atoms with van der Waals surface area (Å²) in [5.74, 6) is 0.154. The topological polar surface area (TPSA) is 95.6 Å². The maximum absolute atomic E-state index is 12.1. The van der Waals surface area contributed by atoms with Crippen molar-refractivity contribution >= 4 is 17.0 Å². The first-order valence-corrected chi connectivity index (χ1v) is 7.68. The van der Waals surface area contributed by atoms with Gasteiger partial charge in [0.15, 0.2) is 17.2 Å². The second kappa shape index (κ2) is 5.47. The van der Waals surface area contributed by atoms with Crippen LogP contribution in [0.1, 0.15) is 32.6 Å². The first kappa shape index (κ1) is 15.7. The summed E-state index contributed by atoms with van der Waals surface area (Å²) in [7, 11) is 0. The molecule has 3 N–H and O–H groups in total. The molecule has 0 aliphatic carbocycles. The molecule has 122 valence electrons. The Kier molecular flexibility index (Phi) is 3.74. The van der Waals surface area contributed by atoms with Crippen LogP contribution in [0.15, 0.2) is 40.3 Å². The number of fused-ring (bicyclic) bond motifs is 1. The van der Waals surface area contributed by atoms with E-state index < -0.39 is 11.3 Å². The first-order valence-electron chi connectivity index (χ1n) is 7.68. The second-order valence-electron chi connectivity index (χ2n) is 6.05. The molecule has 1 aromatic heterocycles. The Hall–Kier alpha value is -2.18. The van der Waals surface area contributed by atoms with Crippen LogP contribution in [0, 0.1) is 0 Å². The third kappa shape index (κ3) is 2.75. The molecule has 2 aromatic rings. The maximum Gasteiger partial charge on any atom is 0.249 e. The number of aromatic nitrogens is 1. The fraction of sp³-hybridized carbons (Fsp3) is 0.412. The third-order valence-corrected chi connectivity index (χ3v) is 4.39. The summed E-state index contributed by atoms with van der Waals surface area (Å²) in [5.41, 5.74) is -1.27. The number of oxazole rings is 1. The highest BCUT2D eigenvalue weighted by atomic mass is 16.4. The maximum atomic E-state index is 12.1. The molecular formula is C17H20N2O4. The smallest absolute Gasteiger partial charge is 0.249 e. The van der Waals surface area contributed by atoms with Crippen LogP contribution in [-0.2, 0) is 11.2 Å². The largest absolute Gasteiger partial charge is 0.441 e. The van der Waals surface area contributed by atoms with Crippen LogP contribution in [0.2, 0.25) is 0 Å². The number of rotatable bonds is 4. The van der Waals surface area contributed by atoms with Gasteiger partial charge in [-0.3, -0.25) is 4.79 Å². The molecule has 1 aromatic carbocycles. The molecule has 1 amide bonds. The number of amides is 1. The molecule has 2 atom stereocenters. The standard InChI is InChI=1S/C17H20N2O4/c1-3-17(22)10-11(15(20)19-16(17,2)21)8-9-14-18-12-6-4-5-7-13(12)23-14/h4-7,10,21-22H,3,8-9H2,1-2H3,(H,19,20). The van der Waals surface area contributed by atoms with Crippen LogP contribution in [0.4, 0.5) is 0 Å². The Morgan fingerprint density at radius 2 is 2.00 bits per heavy atom. The van der Waals surface area contributed by atoms with E-state index >= 15 is 0 Å². The molecule has 0 fully saturated rings. The molecule has 0 saturated heterocycles. The Morgan fingerprint density at radius 1 is 1.26 bits per heavy atom. The molecule has 6 heteroatoms. The average Bonchev–Trinajstić information content (AvgIpc) is 2.92. The summed E-state index contributed by atoms with van der Waals surface area (Å²) >= 11 is 0. The average molecular weight is 316 g/mol. The van der Waals surface area contributed by atoms with Gasteiger partial charge >= 0.3 is 0 Å². The van der Waals surface area contributed by atoms with Crippen LogP contribution in [0.5, 0.6) is 0 Å². The van der Waals surface area contributed by atoms with Crippen LogP contribution < -0.4 is 5.32 Å². The lowest BCUT2D eigenvalue weighted by atomic mass is 9.82. The van der Waals surface area contributed by atoms with Gasteiger partial charge in [-0.2, -0.15) is 0 Å². The van der Waals surface area contributed by atoms with Gasteiger partial charge in [-0.15, -0.1) is 0 Å². The summed E-state index contributed by atoms with van der Waals surface area (Å²) in [5, 5.41) is 23.2. The van der Waals surface area contributed by atoms with E-state index in [-0.39, 0.29) is 12.3 Å². The van der Waals surface area contributed by atoms with E-state index in [0.29, 0.717) is 29.9 Å². The Bertz CT molecular complexity index is 745. The Balaban J connectivity index is 1.80. The van der Waals surface area contributed by atoms with Gasteiger partial charge in [0, 0.05) is 12.0 Å². The number of aliphatic hydroxyl groups is 2. The van der Waals surface area contributed by atoms with Gasteiger partial charge in [0.2, 0.25) is 5.91 Å². The number of benzene rings is 1. The second-order valence-corrected chi connectivity index (χ2v) is 6.05. The molecule has 0 saturated carbocycles. The molecule has 2 heterocycles. The molecule has 0 bridgehead atoms. The zero-order valence-electron chi connectivity index (χ0n) is 13.2. The number of para-hydroxylation sites is 2. The number of nitrogens with one attached hydrogen (secondary N) is 1. The molecule has 1 aliphatic rings. The summed E-state index contributed by atoms with van der Waals surface area (Å²) in [6, 6.07) is 7.46. The summed E-state index contributed by atoms with van der Waals surface area (Å²) in [4.78, 5) is 16.5. The van der Waals surface area contributed by atoms with Crippen molar-refractivity contribution in [2.45, 2.75) is 44.4 Å². The highest BCUT2D eigenvalue weighted by Gasteiger charge is 2.47. The molecule has 1 aliphatic heterocycles. The number of hydrogen-bond donors (Lipinski definition) is 3. The number of hydrogen-bond acceptors (Lipinski definition) is 5. The van der Waals surface area contributed by atoms with Crippen LogP contribution in [-0.4, -0.2) is 32.4 Å². The normalized spacial score (nSPS) is 27.8. The molecular weight excluding hydrogens is 296 g/mol. The van der Waals surface area contributed by atoms with E-state index in [2.05, 4.69) is 10.3 Å². The molecule has 0 spiro atoms. The lowest BCUT2D eigenvalue weighted by molar-refractivity contribution is -0.156. The minimum absolute atomic E-state index is 0.284. The molecule has 0 radical (unpaired) electrons. The van der Waals surface area contributed by atoms with E-state index in [4.69, 9.17) is 4.42 Å². The van der Waals surface area contributed by atoms with Crippen molar-refractivity contribution < 1.29 is 19.4 Å². The highest BCUT2D eigenvalue weighted by Crippen LogP contribution is 2.31. The van der Waals surface area contributed by atoms with Gasteiger partial charge in [0.25, 0.3) is 0 Å². The van der Waals surface area contributed by atoms with Crippen molar-refractivity contribution in [3.63, 3.8) is 0 Å². The molecule has 3 rings (SSSR count). The number of aryl methyl sites for hydroxylation is 1.